The van der Waals surface area contributed by atoms with E-state index in [-0.39, 0.29) is 17.7 Å². The number of nitrogens with one attached hydrogen (secondary N) is 2. The van der Waals surface area contributed by atoms with E-state index < -0.39 is 12.1 Å². The number of alkyl halides is 3. The molecule has 0 bridgehead atoms. The van der Waals surface area contributed by atoms with Crippen LogP contribution in [0, 0.1) is 5.41 Å². The number of benzene rings is 1. The number of carbonyl (C=O) groups excluding carboxylic acids is 1. The summed E-state index contributed by atoms with van der Waals surface area (Å²) in [6.45, 7) is 1.28. The van der Waals surface area contributed by atoms with E-state index in [1.54, 1.807) is 12.1 Å². The molecule has 1 saturated carbocycles. The molecule has 3 N–H and O–H groups in total. The predicted octanol–water partition coefficient (Wildman–Crippen LogP) is 2.05. The fourth-order valence-corrected chi connectivity index (χ4v) is 2.00. The van der Waals surface area contributed by atoms with Gasteiger partial charge in [0.15, 0.2) is 0 Å². The zero-order chi connectivity index (χ0) is 15.5. The van der Waals surface area contributed by atoms with Gasteiger partial charge in [0, 0.05) is 30.8 Å². The van der Waals surface area contributed by atoms with E-state index in [0.29, 0.717) is 13.1 Å². The average Bonchev–Trinajstić information content (AvgIpc) is 3.19. The summed E-state index contributed by atoms with van der Waals surface area (Å²) in [6, 6.07) is 6.25. The number of hydrogen-bond donors (Lipinski definition) is 3. The van der Waals surface area contributed by atoms with E-state index in [9.17, 15) is 23.1 Å². The maximum Gasteiger partial charge on any atom is 0.471 e. The molecule has 0 unspecified atom stereocenters. The van der Waals surface area contributed by atoms with Crippen LogP contribution in [0.2, 0.25) is 0 Å². The minimum atomic E-state index is -4.90. The number of rotatable bonds is 6. The molecular weight excluding hydrogens is 285 g/mol. The summed E-state index contributed by atoms with van der Waals surface area (Å²) < 4.78 is 36.5. The second kappa shape index (κ2) is 6.03. The highest BCUT2D eigenvalue weighted by Crippen LogP contribution is 2.44. The Kier molecular flexibility index (Phi) is 4.53. The molecule has 1 amide bonds. The van der Waals surface area contributed by atoms with Gasteiger partial charge >= 0.3 is 12.1 Å². The highest BCUT2D eigenvalue weighted by molar-refractivity contribution is 5.94. The van der Waals surface area contributed by atoms with Crippen LogP contribution in [0.5, 0.6) is 0 Å². The van der Waals surface area contributed by atoms with Crippen molar-refractivity contribution in [2.75, 3.05) is 18.5 Å². The molecule has 0 heterocycles. The minimum absolute atomic E-state index is 0.0257. The Bertz CT molecular complexity index is 513. The number of amides is 1. The normalized spacial score (nSPS) is 16.6. The molecule has 0 aliphatic heterocycles. The van der Waals surface area contributed by atoms with Gasteiger partial charge in [-0.05, 0) is 30.5 Å². The molecule has 2 rings (SSSR count). The van der Waals surface area contributed by atoms with Crippen molar-refractivity contribution in [2.45, 2.75) is 25.6 Å². The Morgan fingerprint density at radius 3 is 2.62 bits per heavy atom. The Morgan fingerprint density at radius 1 is 1.33 bits per heavy atom. The van der Waals surface area contributed by atoms with Crippen molar-refractivity contribution < 1.29 is 23.1 Å². The standard InChI is InChI=1S/C14H17F3N2O2/c15-14(16,17)12(21)19-11-3-1-2-10(6-11)7-18-8-13(9-20)4-5-13/h1-3,6,18,20H,4-5,7-9H2,(H,19,21). The summed E-state index contributed by atoms with van der Waals surface area (Å²) in [7, 11) is 0. The molecule has 0 spiro atoms. The van der Waals surface area contributed by atoms with Crippen molar-refractivity contribution in [3.05, 3.63) is 29.8 Å². The summed E-state index contributed by atoms with van der Waals surface area (Å²) in [5.74, 6) is -1.98. The fraction of sp³-hybridized carbons (Fsp3) is 0.500. The molecule has 0 radical (unpaired) electrons. The fourth-order valence-electron chi connectivity index (χ4n) is 2.00. The van der Waals surface area contributed by atoms with Gasteiger partial charge in [-0.1, -0.05) is 12.1 Å². The van der Waals surface area contributed by atoms with Crippen LogP contribution in [0.15, 0.2) is 24.3 Å². The second-order valence-electron chi connectivity index (χ2n) is 5.41. The zero-order valence-electron chi connectivity index (χ0n) is 11.3. The van der Waals surface area contributed by atoms with Gasteiger partial charge in [-0.3, -0.25) is 4.79 Å². The van der Waals surface area contributed by atoms with Crippen molar-refractivity contribution in [2.24, 2.45) is 5.41 Å². The highest BCUT2D eigenvalue weighted by atomic mass is 19.4. The lowest BCUT2D eigenvalue weighted by Crippen LogP contribution is -2.30. The summed E-state index contributed by atoms with van der Waals surface area (Å²) in [6.07, 6.45) is -2.93. The van der Waals surface area contributed by atoms with Crippen molar-refractivity contribution in [3.8, 4) is 0 Å². The van der Waals surface area contributed by atoms with Gasteiger partial charge < -0.3 is 15.7 Å². The van der Waals surface area contributed by atoms with Crippen molar-refractivity contribution in [1.82, 2.24) is 5.32 Å². The number of halogens is 3. The first-order valence-electron chi connectivity index (χ1n) is 6.63. The molecule has 7 heteroatoms. The lowest BCUT2D eigenvalue weighted by atomic mass is 10.1. The Morgan fingerprint density at radius 2 is 2.05 bits per heavy atom. The molecular formula is C14H17F3N2O2. The van der Waals surface area contributed by atoms with Crippen LogP contribution < -0.4 is 10.6 Å². The van der Waals surface area contributed by atoms with Gasteiger partial charge in [0.05, 0.1) is 0 Å². The van der Waals surface area contributed by atoms with E-state index in [4.69, 9.17) is 0 Å². The first-order chi connectivity index (χ1) is 9.85. The van der Waals surface area contributed by atoms with Gasteiger partial charge in [-0.15, -0.1) is 0 Å². The maximum absolute atomic E-state index is 12.2. The smallest absolute Gasteiger partial charge is 0.396 e. The number of aliphatic hydroxyl groups excluding tert-OH is 1. The van der Waals surface area contributed by atoms with E-state index in [0.717, 1.165) is 18.4 Å². The largest absolute Gasteiger partial charge is 0.471 e. The van der Waals surface area contributed by atoms with E-state index in [1.165, 1.54) is 12.1 Å². The molecule has 116 valence electrons. The zero-order valence-corrected chi connectivity index (χ0v) is 11.3. The van der Waals surface area contributed by atoms with Gasteiger partial charge in [0.2, 0.25) is 0 Å². The molecule has 4 nitrogen and oxygen atoms in total. The van der Waals surface area contributed by atoms with Crippen LogP contribution in [0.3, 0.4) is 0 Å². The monoisotopic (exact) mass is 302 g/mol. The first kappa shape index (κ1) is 15.8. The lowest BCUT2D eigenvalue weighted by Gasteiger charge is -2.13. The summed E-state index contributed by atoms with van der Waals surface area (Å²) >= 11 is 0. The topological polar surface area (TPSA) is 61.4 Å². The Labute approximate surface area is 120 Å². The summed E-state index contributed by atoms with van der Waals surface area (Å²) in [4.78, 5) is 10.9. The van der Waals surface area contributed by atoms with E-state index in [1.807, 2.05) is 5.32 Å². The lowest BCUT2D eigenvalue weighted by molar-refractivity contribution is -0.167. The van der Waals surface area contributed by atoms with Crippen molar-refractivity contribution in [1.29, 1.82) is 0 Å². The second-order valence-corrected chi connectivity index (χ2v) is 5.41. The summed E-state index contributed by atoms with van der Waals surface area (Å²) in [5.41, 5.74) is 0.853. The molecule has 0 saturated heterocycles. The van der Waals surface area contributed by atoms with Gasteiger partial charge in [0.25, 0.3) is 0 Å². The molecule has 1 fully saturated rings. The van der Waals surface area contributed by atoms with Crippen molar-refractivity contribution >= 4 is 11.6 Å². The van der Waals surface area contributed by atoms with Crippen LogP contribution in [-0.2, 0) is 11.3 Å². The third-order valence-electron chi connectivity index (χ3n) is 3.56. The van der Waals surface area contributed by atoms with Crippen molar-refractivity contribution in [3.63, 3.8) is 0 Å². The number of anilines is 1. The average molecular weight is 302 g/mol. The highest BCUT2D eigenvalue weighted by Gasteiger charge is 2.41. The first-order valence-corrected chi connectivity index (χ1v) is 6.63. The van der Waals surface area contributed by atoms with E-state index in [2.05, 4.69) is 5.32 Å². The van der Waals surface area contributed by atoms with Crippen LogP contribution in [0.25, 0.3) is 0 Å². The summed E-state index contributed by atoms with van der Waals surface area (Å²) in [5, 5.41) is 14.2. The Balaban J connectivity index is 1.87. The van der Waals surface area contributed by atoms with Crippen LogP contribution in [0.1, 0.15) is 18.4 Å². The molecule has 1 aromatic carbocycles. The quantitative estimate of drug-likeness (QED) is 0.754. The molecule has 1 aliphatic rings. The number of aliphatic hydroxyl groups is 1. The minimum Gasteiger partial charge on any atom is -0.396 e. The van der Waals surface area contributed by atoms with E-state index >= 15 is 0 Å². The molecule has 0 atom stereocenters. The molecule has 1 aromatic rings. The predicted molar refractivity (Wildman–Crippen MR) is 71.6 cm³/mol. The van der Waals surface area contributed by atoms with Crippen LogP contribution in [0.4, 0.5) is 18.9 Å². The molecule has 0 aromatic heterocycles. The molecule has 21 heavy (non-hydrogen) atoms. The van der Waals surface area contributed by atoms with Crippen LogP contribution >= 0.6 is 0 Å². The number of hydrogen-bond acceptors (Lipinski definition) is 3. The third kappa shape index (κ3) is 4.44. The van der Waals surface area contributed by atoms with Gasteiger partial charge in [0.1, 0.15) is 0 Å². The van der Waals surface area contributed by atoms with Crippen LogP contribution in [-0.4, -0.2) is 30.3 Å². The third-order valence-corrected chi connectivity index (χ3v) is 3.56. The number of carbonyl (C=O) groups is 1. The maximum atomic E-state index is 12.2. The van der Waals surface area contributed by atoms with Gasteiger partial charge in [-0.25, -0.2) is 0 Å². The molecule has 1 aliphatic carbocycles. The van der Waals surface area contributed by atoms with Gasteiger partial charge in [-0.2, -0.15) is 13.2 Å². The SMILES string of the molecule is O=C(Nc1cccc(CNCC2(CO)CC2)c1)C(F)(F)F. The Hall–Kier alpha value is -1.60.